The number of aryl methyl sites for hydroxylation is 3. The van der Waals surface area contributed by atoms with E-state index in [-0.39, 0.29) is 11.7 Å². The Morgan fingerprint density at radius 2 is 1.52 bits per heavy atom. The summed E-state index contributed by atoms with van der Waals surface area (Å²) in [5.41, 5.74) is 4.86. The first kappa shape index (κ1) is 20.8. The van der Waals surface area contributed by atoms with Crippen molar-refractivity contribution in [3.8, 4) is 23.2 Å². The summed E-state index contributed by atoms with van der Waals surface area (Å²) in [6.07, 6.45) is 1.00. The van der Waals surface area contributed by atoms with Gasteiger partial charge in [0.05, 0.1) is 38.3 Å². The molecule has 2 heterocycles. The zero-order chi connectivity index (χ0) is 22.3. The van der Waals surface area contributed by atoms with Gasteiger partial charge in [0.1, 0.15) is 0 Å². The molecule has 8 heteroatoms. The van der Waals surface area contributed by atoms with E-state index in [2.05, 4.69) is 15.1 Å². The number of rotatable bonds is 5. The van der Waals surface area contributed by atoms with E-state index in [0.717, 1.165) is 22.6 Å². The normalized spacial score (nSPS) is 15.5. The van der Waals surface area contributed by atoms with Crippen molar-refractivity contribution in [2.75, 3.05) is 21.3 Å². The highest BCUT2D eigenvalue weighted by Gasteiger charge is 2.33. The highest BCUT2D eigenvalue weighted by atomic mass is 16.5. The number of nitrogens with zero attached hydrogens (tertiary/aromatic N) is 4. The lowest BCUT2D eigenvalue weighted by atomic mass is 9.81. The average Bonchev–Trinajstić information content (AvgIpc) is 3.08. The molecule has 0 spiro atoms. The Labute approximate surface area is 181 Å². The van der Waals surface area contributed by atoms with Crippen LogP contribution in [-0.2, 0) is 6.42 Å². The van der Waals surface area contributed by atoms with E-state index in [1.807, 2.05) is 39.0 Å². The molecule has 0 amide bonds. The fraction of sp³-hybridized carbons (Fsp3) is 0.391. The molecular formula is C23H26N4O4. The van der Waals surface area contributed by atoms with Gasteiger partial charge in [0.2, 0.25) is 5.75 Å². The molecule has 0 radical (unpaired) electrons. The molecule has 0 bridgehead atoms. The lowest BCUT2D eigenvalue weighted by Gasteiger charge is -2.24. The number of ketones is 1. The van der Waals surface area contributed by atoms with Crippen molar-refractivity contribution in [3.05, 3.63) is 52.1 Å². The number of Topliss-reactive ketones (excluding diaryl/α,β-unsaturated/α-hetero) is 1. The first-order valence-electron chi connectivity index (χ1n) is 10.1. The number of aromatic nitrogens is 4. The Morgan fingerprint density at radius 1 is 0.903 bits per heavy atom. The monoisotopic (exact) mass is 422 g/mol. The Hall–Kier alpha value is -3.42. The molecule has 1 aliphatic carbocycles. The molecule has 2 aromatic heterocycles. The summed E-state index contributed by atoms with van der Waals surface area (Å²) in [4.78, 5) is 22.2. The van der Waals surface area contributed by atoms with Crippen LogP contribution in [0.15, 0.2) is 18.2 Å². The van der Waals surface area contributed by atoms with Crippen LogP contribution in [0.3, 0.4) is 0 Å². The molecule has 1 aliphatic rings. The second-order valence-corrected chi connectivity index (χ2v) is 7.76. The molecule has 1 unspecified atom stereocenters. The van der Waals surface area contributed by atoms with Crippen LogP contribution < -0.4 is 14.2 Å². The predicted molar refractivity (Wildman–Crippen MR) is 115 cm³/mol. The zero-order valence-corrected chi connectivity index (χ0v) is 18.6. The predicted octanol–water partition coefficient (Wildman–Crippen LogP) is 3.53. The van der Waals surface area contributed by atoms with Crippen molar-refractivity contribution in [2.24, 2.45) is 0 Å². The third kappa shape index (κ3) is 3.62. The lowest BCUT2D eigenvalue weighted by molar-refractivity contribution is 0.0963. The van der Waals surface area contributed by atoms with E-state index in [4.69, 9.17) is 14.2 Å². The van der Waals surface area contributed by atoms with Gasteiger partial charge in [-0.25, -0.2) is 14.6 Å². The summed E-state index contributed by atoms with van der Waals surface area (Å²) >= 11 is 0. The second kappa shape index (κ2) is 8.02. The molecule has 162 valence electrons. The maximum Gasteiger partial charge on any atom is 0.251 e. The molecule has 0 saturated heterocycles. The van der Waals surface area contributed by atoms with Gasteiger partial charge in [-0.05, 0) is 56.9 Å². The first-order chi connectivity index (χ1) is 14.9. The number of benzene rings is 1. The van der Waals surface area contributed by atoms with E-state index >= 15 is 0 Å². The molecule has 4 rings (SSSR count). The number of hydrogen-bond donors (Lipinski definition) is 0. The van der Waals surface area contributed by atoms with Gasteiger partial charge >= 0.3 is 0 Å². The third-order valence-corrected chi connectivity index (χ3v) is 5.62. The summed E-state index contributed by atoms with van der Waals surface area (Å²) in [6.45, 7) is 5.70. The van der Waals surface area contributed by atoms with Gasteiger partial charge in [-0.2, -0.15) is 5.10 Å². The largest absolute Gasteiger partial charge is 0.493 e. The van der Waals surface area contributed by atoms with Crippen LogP contribution in [0.2, 0.25) is 0 Å². The summed E-state index contributed by atoms with van der Waals surface area (Å²) in [5.74, 6) is 2.15. The van der Waals surface area contributed by atoms with Gasteiger partial charge in [0.15, 0.2) is 17.3 Å². The average molecular weight is 422 g/mol. The van der Waals surface area contributed by atoms with Crippen LogP contribution in [0.25, 0.3) is 5.95 Å². The highest BCUT2D eigenvalue weighted by molar-refractivity contribution is 6.00. The smallest absolute Gasteiger partial charge is 0.251 e. The van der Waals surface area contributed by atoms with Crippen molar-refractivity contribution in [1.29, 1.82) is 0 Å². The third-order valence-electron chi connectivity index (χ3n) is 5.62. The molecule has 0 aliphatic heterocycles. The van der Waals surface area contributed by atoms with Gasteiger partial charge in [-0.15, -0.1) is 0 Å². The molecule has 0 N–H and O–H groups in total. The van der Waals surface area contributed by atoms with E-state index in [9.17, 15) is 4.79 Å². The Balaban J connectivity index is 1.81. The number of ether oxygens (including phenoxy) is 3. The van der Waals surface area contributed by atoms with E-state index in [1.54, 1.807) is 26.0 Å². The van der Waals surface area contributed by atoms with E-state index in [1.165, 1.54) is 0 Å². The standard InChI is InChI=1S/C23H26N4O4/c1-12-7-13(2)25-23(24-12)27-17-8-15(9-18(28)21(17)14(3)26-27)16-10-19(29-4)22(31-6)20(11-16)30-5/h7,10-11,15H,8-9H2,1-6H3. The second-order valence-electron chi connectivity index (χ2n) is 7.76. The van der Waals surface area contributed by atoms with Crippen LogP contribution >= 0.6 is 0 Å². The van der Waals surface area contributed by atoms with Gasteiger partial charge in [-0.3, -0.25) is 4.79 Å². The first-order valence-corrected chi connectivity index (χ1v) is 10.1. The van der Waals surface area contributed by atoms with Crippen LogP contribution in [0, 0.1) is 20.8 Å². The molecule has 0 fully saturated rings. The van der Waals surface area contributed by atoms with Crippen molar-refractivity contribution >= 4 is 5.78 Å². The van der Waals surface area contributed by atoms with Gasteiger partial charge < -0.3 is 14.2 Å². The van der Waals surface area contributed by atoms with Crippen molar-refractivity contribution in [1.82, 2.24) is 19.7 Å². The minimum Gasteiger partial charge on any atom is -0.493 e. The molecule has 1 aromatic carbocycles. The summed E-state index contributed by atoms with van der Waals surface area (Å²) < 4.78 is 18.2. The van der Waals surface area contributed by atoms with Gasteiger partial charge in [0.25, 0.3) is 5.95 Å². The van der Waals surface area contributed by atoms with E-state index in [0.29, 0.717) is 47.3 Å². The number of fused-ring (bicyclic) bond motifs is 1. The van der Waals surface area contributed by atoms with Crippen LogP contribution in [0.1, 0.15) is 51.0 Å². The molecule has 0 saturated carbocycles. The number of carbonyl (C=O) groups excluding carboxylic acids is 1. The van der Waals surface area contributed by atoms with Gasteiger partial charge in [0, 0.05) is 17.8 Å². The van der Waals surface area contributed by atoms with Crippen LogP contribution in [-0.4, -0.2) is 46.9 Å². The quantitative estimate of drug-likeness (QED) is 0.621. The van der Waals surface area contributed by atoms with Crippen molar-refractivity contribution in [3.63, 3.8) is 0 Å². The maximum absolute atomic E-state index is 13.1. The van der Waals surface area contributed by atoms with Crippen LogP contribution in [0.5, 0.6) is 17.2 Å². The number of carbonyl (C=O) groups is 1. The molecule has 1 atom stereocenters. The zero-order valence-electron chi connectivity index (χ0n) is 18.6. The Kier molecular flexibility index (Phi) is 5.39. The highest BCUT2D eigenvalue weighted by Crippen LogP contribution is 2.43. The van der Waals surface area contributed by atoms with Crippen molar-refractivity contribution in [2.45, 2.75) is 39.5 Å². The summed E-state index contributed by atoms with van der Waals surface area (Å²) in [5, 5.41) is 4.62. The Bertz CT molecular complexity index is 1120. The van der Waals surface area contributed by atoms with E-state index < -0.39 is 0 Å². The summed E-state index contributed by atoms with van der Waals surface area (Å²) in [7, 11) is 4.74. The molecular weight excluding hydrogens is 396 g/mol. The summed E-state index contributed by atoms with van der Waals surface area (Å²) in [6, 6.07) is 5.73. The van der Waals surface area contributed by atoms with Crippen LogP contribution in [0.4, 0.5) is 0 Å². The topological polar surface area (TPSA) is 88.4 Å². The SMILES string of the molecule is COc1cc(C2CC(=O)c3c(C)nn(-c4nc(C)cc(C)n4)c3C2)cc(OC)c1OC. The Morgan fingerprint density at radius 3 is 2.06 bits per heavy atom. The molecule has 8 nitrogen and oxygen atoms in total. The minimum atomic E-state index is -0.0607. The number of methoxy groups -OCH3 is 3. The fourth-order valence-electron chi connectivity index (χ4n) is 4.30. The molecule has 31 heavy (non-hydrogen) atoms. The van der Waals surface area contributed by atoms with Crippen molar-refractivity contribution < 1.29 is 19.0 Å². The minimum absolute atomic E-state index is 0.0607. The lowest BCUT2D eigenvalue weighted by Crippen LogP contribution is -2.21. The van der Waals surface area contributed by atoms with Gasteiger partial charge in [-0.1, -0.05) is 0 Å². The molecule has 3 aromatic rings. The fourth-order valence-corrected chi connectivity index (χ4v) is 4.30. The number of hydrogen-bond acceptors (Lipinski definition) is 7. The maximum atomic E-state index is 13.1.